The predicted molar refractivity (Wildman–Crippen MR) is 126 cm³/mol. The minimum Gasteiger partial charge on any atom is -0.496 e. The fraction of sp³-hybridized carbons (Fsp3) is 0.440. The Kier molecular flexibility index (Phi) is 9.28. The van der Waals surface area contributed by atoms with Gasteiger partial charge in [-0.1, -0.05) is 62.4 Å². The number of rotatable bonds is 8. The summed E-state index contributed by atoms with van der Waals surface area (Å²) in [7, 11) is 1.62. The van der Waals surface area contributed by atoms with E-state index in [1.165, 1.54) is 43.9 Å². The van der Waals surface area contributed by atoms with Gasteiger partial charge in [-0.25, -0.2) is 0 Å². The molecule has 2 amide bonds. The predicted octanol–water partition coefficient (Wildman–Crippen LogP) is 4.95. The molecule has 0 atom stereocenters. The van der Waals surface area contributed by atoms with E-state index in [-0.39, 0.29) is 17.9 Å². The Labute approximate surface area is 189 Å². The topological polar surface area (TPSA) is 67.4 Å². The van der Waals surface area contributed by atoms with Crippen LogP contribution in [0.3, 0.4) is 0 Å². The van der Waals surface area contributed by atoms with Crippen molar-refractivity contribution in [2.75, 3.05) is 12.9 Å². The number of benzene rings is 2. The van der Waals surface area contributed by atoms with Crippen LogP contribution in [0.4, 0.5) is 0 Å². The van der Waals surface area contributed by atoms with Crippen molar-refractivity contribution in [3.05, 3.63) is 59.7 Å². The highest BCUT2D eigenvalue weighted by molar-refractivity contribution is 8.00. The lowest BCUT2D eigenvalue weighted by molar-refractivity contribution is -0.119. The third kappa shape index (κ3) is 7.31. The first-order valence-corrected chi connectivity index (χ1v) is 12.1. The monoisotopic (exact) mass is 440 g/mol. The first-order chi connectivity index (χ1) is 15.2. The molecule has 0 aliphatic heterocycles. The highest BCUT2D eigenvalue weighted by Crippen LogP contribution is 2.24. The summed E-state index contributed by atoms with van der Waals surface area (Å²) in [6, 6.07) is 15.3. The number of carbonyl (C=O) groups excluding carboxylic acids is 2. The van der Waals surface area contributed by atoms with Gasteiger partial charge in [0.15, 0.2) is 0 Å². The number of para-hydroxylation sites is 1. The molecular formula is C25H32N2O3S. The smallest absolute Gasteiger partial charge is 0.252 e. The van der Waals surface area contributed by atoms with Gasteiger partial charge in [-0.3, -0.25) is 9.59 Å². The summed E-state index contributed by atoms with van der Waals surface area (Å²) in [6.45, 7) is 0.379. The van der Waals surface area contributed by atoms with Crippen molar-refractivity contribution in [3.8, 4) is 5.75 Å². The Morgan fingerprint density at radius 2 is 1.65 bits per heavy atom. The molecular weight excluding hydrogens is 408 g/mol. The van der Waals surface area contributed by atoms with E-state index in [1.54, 1.807) is 13.2 Å². The van der Waals surface area contributed by atoms with Gasteiger partial charge in [-0.15, -0.1) is 11.8 Å². The van der Waals surface area contributed by atoms with Crippen LogP contribution in [0, 0.1) is 0 Å². The minimum atomic E-state index is -0.158. The van der Waals surface area contributed by atoms with Gasteiger partial charge in [-0.05, 0) is 31.0 Å². The molecule has 2 aromatic carbocycles. The average Bonchev–Trinajstić information content (AvgIpc) is 2.78. The Morgan fingerprint density at radius 1 is 0.968 bits per heavy atom. The maximum atomic E-state index is 12.8. The van der Waals surface area contributed by atoms with Crippen LogP contribution in [-0.2, 0) is 11.3 Å². The van der Waals surface area contributed by atoms with E-state index in [0.29, 0.717) is 17.9 Å². The normalized spacial score (nSPS) is 14.9. The first-order valence-electron chi connectivity index (χ1n) is 11.1. The molecule has 0 aromatic heterocycles. The Hall–Kier alpha value is -2.47. The summed E-state index contributed by atoms with van der Waals surface area (Å²) in [5.74, 6) is 0.943. The highest BCUT2D eigenvalue weighted by Gasteiger charge is 2.16. The molecule has 1 fully saturated rings. The first kappa shape index (κ1) is 23.2. The summed E-state index contributed by atoms with van der Waals surface area (Å²) >= 11 is 1.41. The van der Waals surface area contributed by atoms with Gasteiger partial charge in [0, 0.05) is 23.0 Å². The van der Waals surface area contributed by atoms with Gasteiger partial charge in [0.05, 0.1) is 18.4 Å². The van der Waals surface area contributed by atoms with Crippen molar-refractivity contribution in [1.29, 1.82) is 0 Å². The molecule has 1 aliphatic carbocycles. The van der Waals surface area contributed by atoms with Crippen molar-refractivity contribution < 1.29 is 14.3 Å². The second kappa shape index (κ2) is 12.4. The molecule has 166 valence electrons. The van der Waals surface area contributed by atoms with Crippen molar-refractivity contribution in [1.82, 2.24) is 10.6 Å². The van der Waals surface area contributed by atoms with Crippen molar-refractivity contribution in [2.24, 2.45) is 0 Å². The van der Waals surface area contributed by atoms with Gasteiger partial charge in [0.1, 0.15) is 5.75 Å². The van der Waals surface area contributed by atoms with Crippen molar-refractivity contribution >= 4 is 23.6 Å². The van der Waals surface area contributed by atoms with E-state index >= 15 is 0 Å². The molecule has 6 heteroatoms. The molecule has 0 unspecified atom stereocenters. The van der Waals surface area contributed by atoms with Crippen LogP contribution < -0.4 is 15.4 Å². The number of thioether (sulfide) groups is 1. The summed E-state index contributed by atoms with van der Waals surface area (Å²) in [4.78, 5) is 26.1. The number of hydrogen-bond donors (Lipinski definition) is 2. The third-order valence-corrected chi connectivity index (χ3v) is 6.67. The molecule has 1 saturated carbocycles. The highest BCUT2D eigenvalue weighted by atomic mass is 32.2. The van der Waals surface area contributed by atoms with Crippen molar-refractivity contribution in [2.45, 2.75) is 62.4 Å². The number of nitrogens with one attached hydrogen (secondary N) is 2. The van der Waals surface area contributed by atoms with E-state index in [2.05, 4.69) is 10.6 Å². The van der Waals surface area contributed by atoms with Gasteiger partial charge in [-0.2, -0.15) is 0 Å². The molecule has 1 aliphatic rings. The van der Waals surface area contributed by atoms with E-state index in [9.17, 15) is 9.59 Å². The molecule has 2 aromatic rings. The van der Waals surface area contributed by atoms with Gasteiger partial charge < -0.3 is 15.4 Å². The maximum absolute atomic E-state index is 12.8. The SMILES string of the molecule is COc1ccccc1CNC(=O)c1ccccc1SCC(=O)NC1CCCCCCC1. The molecule has 0 radical (unpaired) electrons. The van der Waals surface area contributed by atoms with E-state index in [1.807, 2.05) is 42.5 Å². The fourth-order valence-electron chi connectivity index (χ4n) is 3.91. The lowest BCUT2D eigenvalue weighted by atomic mass is 9.97. The number of methoxy groups -OCH3 is 1. The van der Waals surface area contributed by atoms with Gasteiger partial charge >= 0.3 is 0 Å². The molecule has 0 bridgehead atoms. The zero-order valence-electron chi connectivity index (χ0n) is 18.2. The summed E-state index contributed by atoms with van der Waals surface area (Å²) in [6.07, 6.45) is 8.35. The Bertz CT molecular complexity index is 863. The molecule has 2 N–H and O–H groups in total. The standard InChI is InChI=1S/C25H32N2O3S/c1-30-22-15-9-7-11-19(22)17-26-25(29)21-14-8-10-16-23(21)31-18-24(28)27-20-12-5-3-2-4-6-13-20/h7-11,14-16,20H,2-6,12-13,17-18H2,1H3,(H,26,29)(H,27,28). The van der Waals surface area contributed by atoms with Crippen LogP contribution in [0.1, 0.15) is 60.9 Å². The second-order valence-electron chi connectivity index (χ2n) is 7.89. The molecule has 0 heterocycles. The van der Waals surface area contributed by atoms with Crippen LogP contribution in [0.2, 0.25) is 0 Å². The van der Waals surface area contributed by atoms with Gasteiger partial charge in [0.2, 0.25) is 5.91 Å². The van der Waals surface area contributed by atoms with Crippen LogP contribution in [-0.4, -0.2) is 30.7 Å². The summed E-state index contributed by atoms with van der Waals surface area (Å²) in [5.41, 5.74) is 1.50. The van der Waals surface area contributed by atoms with Crippen LogP contribution in [0.25, 0.3) is 0 Å². The minimum absolute atomic E-state index is 0.0415. The van der Waals surface area contributed by atoms with E-state index < -0.39 is 0 Å². The van der Waals surface area contributed by atoms with Crippen molar-refractivity contribution in [3.63, 3.8) is 0 Å². The molecule has 0 saturated heterocycles. The van der Waals surface area contributed by atoms with Crippen LogP contribution in [0.15, 0.2) is 53.4 Å². The Morgan fingerprint density at radius 3 is 2.42 bits per heavy atom. The largest absolute Gasteiger partial charge is 0.496 e. The maximum Gasteiger partial charge on any atom is 0.252 e. The molecule has 3 rings (SSSR count). The summed E-state index contributed by atoms with van der Waals surface area (Å²) < 4.78 is 5.35. The quantitative estimate of drug-likeness (QED) is 0.570. The third-order valence-electron chi connectivity index (χ3n) is 5.59. The lowest BCUT2D eigenvalue weighted by Crippen LogP contribution is -2.36. The number of carbonyl (C=O) groups is 2. The second-order valence-corrected chi connectivity index (χ2v) is 8.91. The van der Waals surface area contributed by atoms with E-state index in [4.69, 9.17) is 4.74 Å². The van der Waals surface area contributed by atoms with Crippen LogP contribution in [0.5, 0.6) is 5.75 Å². The van der Waals surface area contributed by atoms with Gasteiger partial charge in [0.25, 0.3) is 5.91 Å². The molecule has 31 heavy (non-hydrogen) atoms. The molecule has 0 spiro atoms. The molecule has 5 nitrogen and oxygen atoms in total. The zero-order valence-corrected chi connectivity index (χ0v) is 19.0. The number of amides is 2. The Balaban J connectivity index is 1.54. The van der Waals surface area contributed by atoms with E-state index in [0.717, 1.165) is 29.1 Å². The zero-order chi connectivity index (χ0) is 21.9. The summed E-state index contributed by atoms with van der Waals surface area (Å²) in [5, 5.41) is 6.15. The van der Waals surface area contributed by atoms with Crippen LogP contribution >= 0.6 is 11.8 Å². The fourth-order valence-corrected chi connectivity index (χ4v) is 4.77. The number of ether oxygens (including phenoxy) is 1. The number of hydrogen-bond acceptors (Lipinski definition) is 4. The lowest BCUT2D eigenvalue weighted by Gasteiger charge is -2.21. The average molecular weight is 441 g/mol.